The second-order valence-electron chi connectivity index (χ2n) is 4.77. The van der Waals surface area contributed by atoms with E-state index in [-0.39, 0.29) is 0 Å². The summed E-state index contributed by atoms with van der Waals surface area (Å²) < 4.78 is 39.8. The standard InChI is InChI=1S/C13H13ClF3NO2/c14-6-7-1-3-18(4-2-7)13(20)8-5-9(15)11(17)12(19)10(8)16/h5,7,19H,1-4,6H2. The van der Waals surface area contributed by atoms with Gasteiger partial charge in [0.15, 0.2) is 17.4 Å². The van der Waals surface area contributed by atoms with Gasteiger partial charge >= 0.3 is 0 Å². The molecule has 1 amide bonds. The molecule has 2 rings (SSSR count). The van der Waals surface area contributed by atoms with Crippen molar-refractivity contribution in [3.05, 3.63) is 29.1 Å². The molecule has 0 bridgehead atoms. The predicted octanol–water partition coefficient (Wildman–Crippen LogP) is 2.90. The zero-order valence-electron chi connectivity index (χ0n) is 10.5. The van der Waals surface area contributed by atoms with Gasteiger partial charge in [-0.3, -0.25) is 4.79 Å². The number of carbonyl (C=O) groups is 1. The minimum absolute atomic E-state index is 0.295. The Bertz CT molecular complexity index is 531. The first-order chi connectivity index (χ1) is 9.45. The van der Waals surface area contributed by atoms with Gasteiger partial charge < -0.3 is 10.0 Å². The van der Waals surface area contributed by atoms with Gasteiger partial charge in [-0.15, -0.1) is 11.6 Å². The molecule has 0 aliphatic carbocycles. The van der Waals surface area contributed by atoms with Crippen LogP contribution in [0.15, 0.2) is 6.07 Å². The van der Waals surface area contributed by atoms with Crippen LogP contribution < -0.4 is 0 Å². The number of hydrogen-bond donors (Lipinski definition) is 1. The average Bonchev–Trinajstić information content (AvgIpc) is 2.48. The van der Waals surface area contributed by atoms with E-state index in [1.807, 2.05) is 0 Å². The lowest BCUT2D eigenvalue weighted by Gasteiger charge is -2.31. The summed E-state index contributed by atoms with van der Waals surface area (Å²) in [5.41, 5.74) is -0.661. The summed E-state index contributed by atoms with van der Waals surface area (Å²) in [5, 5.41) is 9.12. The van der Waals surface area contributed by atoms with E-state index < -0.39 is 34.7 Å². The topological polar surface area (TPSA) is 40.5 Å². The molecule has 1 heterocycles. The van der Waals surface area contributed by atoms with Crippen LogP contribution >= 0.6 is 11.6 Å². The number of phenolic OH excluding ortho intramolecular Hbond substituents is 1. The quantitative estimate of drug-likeness (QED) is 0.674. The summed E-state index contributed by atoms with van der Waals surface area (Å²) in [7, 11) is 0. The van der Waals surface area contributed by atoms with Crippen molar-refractivity contribution in [2.75, 3.05) is 19.0 Å². The van der Waals surface area contributed by atoms with Crippen molar-refractivity contribution in [1.29, 1.82) is 0 Å². The van der Waals surface area contributed by atoms with E-state index in [4.69, 9.17) is 16.7 Å². The van der Waals surface area contributed by atoms with Crippen molar-refractivity contribution >= 4 is 17.5 Å². The third-order valence-corrected chi connectivity index (χ3v) is 3.92. The third kappa shape index (κ3) is 2.70. The number of rotatable bonds is 2. The third-order valence-electron chi connectivity index (χ3n) is 3.48. The molecule has 0 saturated carbocycles. The fourth-order valence-electron chi connectivity index (χ4n) is 2.21. The zero-order chi connectivity index (χ0) is 14.9. The number of amides is 1. The highest BCUT2D eigenvalue weighted by molar-refractivity contribution is 6.18. The molecule has 0 spiro atoms. The highest BCUT2D eigenvalue weighted by atomic mass is 35.5. The molecule has 0 aromatic heterocycles. The van der Waals surface area contributed by atoms with E-state index in [9.17, 15) is 18.0 Å². The molecule has 20 heavy (non-hydrogen) atoms. The van der Waals surface area contributed by atoms with E-state index in [2.05, 4.69) is 0 Å². The Balaban J connectivity index is 2.22. The molecule has 0 atom stereocenters. The van der Waals surface area contributed by atoms with Crippen LogP contribution in [0.2, 0.25) is 0 Å². The van der Waals surface area contributed by atoms with Crippen LogP contribution in [0.1, 0.15) is 23.2 Å². The van der Waals surface area contributed by atoms with E-state index in [0.717, 1.165) is 0 Å². The number of halogens is 4. The number of alkyl halides is 1. The molecule has 1 N–H and O–H groups in total. The Morgan fingerprint density at radius 1 is 1.30 bits per heavy atom. The van der Waals surface area contributed by atoms with E-state index in [1.54, 1.807) is 0 Å². The maximum absolute atomic E-state index is 13.7. The van der Waals surface area contributed by atoms with Gasteiger partial charge in [0.1, 0.15) is 0 Å². The lowest BCUT2D eigenvalue weighted by molar-refractivity contribution is 0.0691. The van der Waals surface area contributed by atoms with Gasteiger partial charge in [-0.1, -0.05) is 0 Å². The van der Waals surface area contributed by atoms with Gasteiger partial charge in [-0.25, -0.2) is 8.78 Å². The van der Waals surface area contributed by atoms with Crippen LogP contribution in [-0.4, -0.2) is 34.9 Å². The van der Waals surface area contributed by atoms with Gasteiger partial charge in [0.25, 0.3) is 5.91 Å². The molecular formula is C13H13ClF3NO2. The highest BCUT2D eigenvalue weighted by Crippen LogP contribution is 2.28. The highest BCUT2D eigenvalue weighted by Gasteiger charge is 2.28. The maximum atomic E-state index is 13.7. The molecule has 110 valence electrons. The van der Waals surface area contributed by atoms with Crippen molar-refractivity contribution in [3.8, 4) is 5.75 Å². The number of nitrogens with zero attached hydrogens (tertiary/aromatic N) is 1. The summed E-state index contributed by atoms with van der Waals surface area (Å²) in [6.07, 6.45) is 1.35. The normalized spacial score (nSPS) is 16.5. The van der Waals surface area contributed by atoms with Gasteiger partial charge in [-0.05, 0) is 24.8 Å². The van der Waals surface area contributed by atoms with Gasteiger partial charge in [0, 0.05) is 19.0 Å². The van der Waals surface area contributed by atoms with Crippen LogP contribution in [-0.2, 0) is 0 Å². The molecule has 1 fully saturated rings. The molecular weight excluding hydrogens is 295 g/mol. The van der Waals surface area contributed by atoms with Crippen molar-refractivity contribution in [2.45, 2.75) is 12.8 Å². The first-order valence-electron chi connectivity index (χ1n) is 6.17. The number of likely N-dealkylation sites (tertiary alicyclic amines) is 1. The fourth-order valence-corrected chi connectivity index (χ4v) is 2.52. The molecule has 7 heteroatoms. The number of piperidine rings is 1. The number of benzene rings is 1. The van der Waals surface area contributed by atoms with Crippen LogP contribution in [0, 0.1) is 23.4 Å². The molecule has 1 aliphatic rings. The summed E-state index contributed by atoms with van der Waals surface area (Å²) in [6.45, 7) is 0.741. The SMILES string of the molecule is O=C(c1cc(F)c(F)c(O)c1F)N1CCC(CCl)CC1. The van der Waals surface area contributed by atoms with Gasteiger partial charge in [0.2, 0.25) is 5.82 Å². The summed E-state index contributed by atoms with van der Waals surface area (Å²) >= 11 is 5.72. The minimum Gasteiger partial charge on any atom is -0.503 e. The monoisotopic (exact) mass is 307 g/mol. The Labute approximate surface area is 118 Å². The van der Waals surface area contributed by atoms with Crippen LogP contribution in [0.4, 0.5) is 13.2 Å². The Morgan fingerprint density at radius 2 is 1.90 bits per heavy atom. The first-order valence-corrected chi connectivity index (χ1v) is 6.70. The van der Waals surface area contributed by atoms with E-state index >= 15 is 0 Å². The molecule has 3 nitrogen and oxygen atoms in total. The summed E-state index contributed by atoms with van der Waals surface area (Å²) in [5.74, 6) is -6.03. The lowest BCUT2D eigenvalue weighted by atomic mass is 9.98. The Hall–Kier alpha value is -1.43. The van der Waals surface area contributed by atoms with Crippen LogP contribution in [0.5, 0.6) is 5.75 Å². The molecule has 1 aromatic carbocycles. The first kappa shape index (κ1) is 15.0. The number of hydrogen-bond acceptors (Lipinski definition) is 2. The predicted molar refractivity (Wildman–Crippen MR) is 67.3 cm³/mol. The largest absolute Gasteiger partial charge is 0.503 e. The van der Waals surface area contributed by atoms with E-state index in [1.165, 1.54) is 4.90 Å². The Morgan fingerprint density at radius 3 is 2.45 bits per heavy atom. The summed E-state index contributed by atoms with van der Waals surface area (Å²) in [4.78, 5) is 13.4. The molecule has 1 aliphatic heterocycles. The molecule has 1 saturated heterocycles. The van der Waals surface area contributed by atoms with Crippen molar-refractivity contribution in [2.24, 2.45) is 5.92 Å². The number of aromatic hydroxyl groups is 1. The van der Waals surface area contributed by atoms with Gasteiger partial charge in [-0.2, -0.15) is 4.39 Å². The smallest absolute Gasteiger partial charge is 0.257 e. The van der Waals surface area contributed by atoms with Crippen LogP contribution in [0.25, 0.3) is 0 Å². The number of carbonyl (C=O) groups excluding carboxylic acids is 1. The molecule has 0 unspecified atom stereocenters. The van der Waals surface area contributed by atoms with E-state index in [0.29, 0.717) is 43.8 Å². The molecule has 0 radical (unpaired) electrons. The van der Waals surface area contributed by atoms with Crippen molar-refractivity contribution in [1.82, 2.24) is 4.90 Å². The lowest BCUT2D eigenvalue weighted by Crippen LogP contribution is -2.39. The maximum Gasteiger partial charge on any atom is 0.257 e. The zero-order valence-corrected chi connectivity index (χ0v) is 11.3. The second kappa shape index (κ2) is 5.91. The molecule has 1 aromatic rings. The average molecular weight is 308 g/mol. The number of phenols is 1. The van der Waals surface area contributed by atoms with Crippen molar-refractivity contribution in [3.63, 3.8) is 0 Å². The second-order valence-corrected chi connectivity index (χ2v) is 5.08. The van der Waals surface area contributed by atoms with Crippen molar-refractivity contribution < 1.29 is 23.1 Å². The van der Waals surface area contributed by atoms with Crippen LogP contribution in [0.3, 0.4) is 0 Å². The fraction of sp³-hybridized carbons (Fsp3) is 0.462. The van der Waals surface area contributed by atoms with Gasteiger partial charge in [0.05, 0.1) is 5.56 Å². The minimum atomic E-state index is -1.69. The Kier molecular flexibility index (Phi) is 4.42. The summed E-state index contributed by atoms with van der Waals surface area (Å²) in [6, 6.07) is 0.473.